The number of piperidine rings is 1. The molecular formula is C12H17N3O4. The summed E-state index contributed by atoms with van der Waals surface area (Å²) in [5.74, 6) is -1.28. The minimum absolute atomic E-state index is 0.150. The average Bonchev–Trinajstić information content (AvgIpc) is 2.40. The molecule has 0 radical (unpaired) electrons. The van der Waals surface area contributed by atoms with Crippen molar-refractivity contribution >= 4 is 5.97 Å². The predicted molar refractivity (Wildman–Crippen MR) is 68.4 cm³/mol. The third-order valence-corrected chi connectivity index (χ3v) is 3.45. The number of aromatic nitrogens is 2. The van der Waals surface area contributed by atoms with E-state index in [4.69, 9.17) is 5.11 Å². The minimum Gasteiger partial charge on any atom is -0.477 e. The molecular weight excluding hydrogens is 250 g/mol. The Kier molecular flexibility index (Phi) is 3.84. The lowest BCUT2D eigenvalue weighted by molar-refractivity contribution is 0.0686. The van der Waals surface area contributed by atoms with Crippen molar-refractivity contribution in [3.8, 4) is 0 Å². The van der Waals surface area contributed by atoms with E-state index >= 15 is 0 Å². The highest BCUT2D eigenvalue weighted by Gasteiger charge is 2.20. The molecule has 1 aromatic heterocycles. The van der Waals surface area contributed by atoms with Crippen molar-refractivity contribution in [2.75, 3.05) is 13.1 Å². The highest BCUT2D eigenvalue weighted by atomic mass is 16.4. The van der Waals surface area contributed by atoms with Crippen LogP contribution in [0.25, 0.3) is 0 Å². The first kappa shape index (κ1) is 13.5. The Hall–Kier alpha value is -1.89. The number of carboxylic acid groups (broad SMARTS) is 1. The second kappa shape index (κ2) is 5.40. The number of carbonyl (C=O) groups is 1. The monoisotopic (exact) mass is 267 g/mol. The average molecular weight is 267 g/mol. The number of nitrogens with zero attached hydrogens (tertiary/aromatic N) is 2. The largest absolute Gasteiger partial charge is 0.477 e. The maximum atomic E-state index is 12.0. The van der Waals surface area contributed by atoms with Crippen molar-refractivity contribution in [1.82, 2.24) is 14.5 Å². The van der Waals surface area contributed by atoms with Crippen LogP contribution in [0.3, 0.4) is 0 Å². The van der Waals surface area contributed by atoms with E-state index in [1.807, 2.05) is 4.90 Å². The first-order chi connectivity index (χ1) is 9.00. The fourth-order valence-corrected chi connectivity index (χ4v) is 2.34. The molecule has 0 amide bonds. The smallest absolute Gasteiger partial charge is 0.352 e. The third-order valence-electron chi connectivity index (χ3n) is 3.45. The van der Waals surface area contributed by atoms with E-state index in [0.717, 1.165) is 36.9 Å². The van der Waals surface area contributed by atoms with Crippen LogP contribution in [0.2, 0.25) is 0 Å². The second-order valence-electron chi connectivity index (χ2n) is 4.79. The van der Waals surface area contributed by atoms with Gasteiger partial charge >= 0.3 is 11.7 Å². The van der Waals surface area contributed by atoms with Crippen molar-refractivity contribution in [3.63, 3.8) is 0 Å². The van der Waals surface area contributed by atoms with Crippen LogP contribution in [-0.4, -0.2) is 38.6 Å². The van der Waals surface area contributed by atoms with Crippen molar-refractivity contribution in [3.05, 3.63) is 32.1 Å². The Balaban J connectivity index is 2.42. The van der Waals surface area contributed by atoms with Gasteiger partial charge in [0.1, 0.15) is 5.69 Å². The van der Waals surface area contributed by atoms with Gasteiger partial charge in [0.2, 0.25) is 0 Å². The Morgan fingerprint density at radius 3 is 2.47 bits per heavy atom. The molecule has 19 heavy (non-hydrogen) atoms. The van der Waals surface area contributed by atoms with Crippen LogP contribution in [0.1, 0.15) is 35.3 Å². The zero-order valence-electron chi connectivity index (χ0n) is 10.8. The highest BCUT2D eigenvalue weighted by molar-refractivity contribution is 5.86. The van der Waals surface area contributed by atoms with Gasteiger partial charge in [0, 0.05) is 13.6 Å². The van der Waals surface area contributed by atoms with Crippen molar-refractivity contribution in [2.45, 2.75) is 25.8 Å². The van der Waals surface area contributed by atoms with E-state index in [9.17, 15) is 14.4 Å². The van der Waals surface area contributed by atoms with E-state index in [-0.39, 0.29) is 17.8 Å². The van der Waals surface area contributed by atoms with Gasteiger partial charge in [-0.05, 0) is 25.9 Å². The number of H-pyrrole nitrogens is 1. The quantitative estimate of drug-likeness (QED) is 0.788. The highest BCUT2D eigenvalue weighted by Crippen LogP contribution is 2.12. The van der Waals surface area contributed by atoms with Crippen LogP contribution >= 0.6 is 0 Å². The van der Waals surface area contributed by atoms with Crippen LogP contribution in [0, 0.1) is 0 Å². The Labute approximate surface area is 109 Å². The lowest BCUT2D eigenvalue weighted by atomic mass is 10.1. The number of rotatable bonds is 3. The normalized spacial score (nSPS) is 16.5. The number of likely N-dealkylation sites (tertiary alicyclic amines) is 1. The summed E-state index contributed by atoms with van der Waals surface area (Å²) in [7, 11) is 1.34. The number of nitrogens with one attached hydrogen (secondary N) is 1. The van der Waals surface area contributed by atoms with Crippen LogP contribution in [0.15, 0.2) is 9.59 Å². The lowest BCUT2D eigenvalue weighted by Gasteiger charge is -2.26. The molecule has 7 heteroatoms. The summed E-state index contributed by atoms with van der Waals surface area (Å²) in [6.45, 7) is 1.97. The molecule has 0 saturated carbocycles. The zero-order valence-corrected chi connectivity index (χ0v) is 10.8. The van der Waals surface area contributed by atoms with Gasteiger partial charge in [0.15, 0.2) is 0 Å². The minimum atomic E-state index is -1.28. The molecule has 1 aliphatic rings. The fourth-order valence-electron chi connectivity index (χ4n) is 2.34. The molecule has 2 rings (SSSR count). The molecule has 0 spiro atoms. The van der Waals surface area contributed by atoms with Gasteiger partial charge in [0.25, 0.3) is 5.56 Å². The maximum absolute atomic E-state index is 12.0. The van der Waals surface area contributed by atoms with Gasteiger partial charge in [-0.25, -0.2) is 9.59 Å². The predicted octanol–water partition coefficient (Wildman–Crippen LogP) is -0.242. The van der Waals surface area contributed by atoms with Crippen LogP contribution in [0.4, 0.5) is 0 Å². The molecule has 1 aliphatic heterocycles. The molecule has 104 valence electrons. The van der Waals surface area contributed by atoms with Crippen molar-refractivity contribution < 1.29 is 9.90 Å². The van der Waals surface area contributed by atoms with Gasteiger partial charge in [-0.2, -0.15) is 0 Å². The molecule has 1 fully saturated rings. The van der Waals surface area contributed by atoms with Gasteiger partial charge < -0.3 is 10.1 Å². The molecule has 1 aromatic rings. The standard InChI is InChI=1S/C12H17N3O4/c1-14-10(16)8(7-15-5-3-2-4-6-15)9(11(17)18)13-12(14)19/h2-7H2,1H3,(H,13,19)(H,17,18). The zero-order chi connectivity index (χ0) is 14.0. The Morgan fingerprint density at radius 2 is 1.89 bits per heavy atom. The first-order valence-electron chi connectivity index (χ1n) is 6.28. The summed E-state index contributed by atoms with van der Waals surface area (Å²) in [4.78, 5) is 38.9. The molecule has 0 aliphatic carbocycles. The van der Waals surface area contributed by atoms with Gasteiger partial charge in [-0.1, -0.05) is 6.42 Å². The maximum Gasteiger partial charge on any atom is 0.352 e. The van der Waals surface area contributed by atoms with Crippen LogP contribution in [-0.2, 0) is 13.6 Å². The van der Waals surface area contributed by atoms with Crippen molar-refractivity contribution in [1.29, 1.82) is 0 Å². The summed E-state index contributed by atoms with van der Waals surface area (Å²) in [5, 5.41) is 9.10. The topological polar surface area (TPSA) is 95.4 Å². The number of aromatic amines is 1. The number of hydrogen-bond donors (Lipinski definition) is 2. The van der Waals surface area contributed by atoms with E-state index in [0.29, 0.717) is 0 Å². The summed E-state index contributed by atoms with van der Waals surface area (Å²) < 4.78 is 0.908. The summed E-state index contributed by atoms with van der Waals surface area (Å²) in [5.41, 5.74) is -1.38. The van der Waals surface area contributed by atoms with Gasteiger partial charge in [0.05, 0.1) is 5.56 Å². The Morgan fingerprint density at radius 1 is 1.26 bits per heavy atom. The Bertz CT molecular complexity index is 596. The van der Waals surface area contributed by atoms with Crippen LogP contribution in [0.5, 0.6) is 0 Å². The van der Waals surface area contributed by atoms with E-state index in [1.54, 1.807) is 0 Å². The van der Waals surface area contributed by atoms with Gasteiger partial charge in [-0.3, -0.25) is 14.3 Å². The first-order valence-corrected chi connectivity index (χ1v) is 6.28. The van der Waals surface area contributed by atoms with E-state index in [2.05, 4.69) is 4.98 Å². The summed E-state index contributed by atoms with van der Waals surface area (Å²) in [6.07, 6.45) is 3.25. The lowest BCUT2D eigenvalue weighted by Crippen LogP contribution is -2.40. The molecule has 0 bridgehead atoms. The number of carboxylic acids is 1. The molecule has 7 nitrogen and oxygen atoms in total. The molecule has 0 atom stereocenters. The molecule has 1 saturated heterocycles. The second-order valence-corrected chi connectivity index (χ2v) is 4.79. The summed E-state index contributed by atoms with van der Waals surface area (Å²) in [6, 6.07) is 0. The van der Waals surface area contributed by atoms with E-state index < -0.39 is 17.2 Å². The molecule has 0 unspecified atom stereocenters. The number of hydrogen-bond acceptors (Lipinski definition) is 4. The summed E-state index contributed by atoms with van der Waals surface area (Å²) >= 11 is 0. The molecule has 0 aromatic carbocycles. The fraction of sp³-hybridized carbons (Fsp3) is 0.583. The van der Waals surface area contributed by atoms with Crippen molar-refractivity contribution in [2.24, 2.45) is 7.05 Å². The van der Waals surface area contributed by atoms with E-state index in [1.165, 1.54) is 7.05 Å². The number of aromatic carboxylic acids is 1. The van der Waals surface area contributed by atoms with Crippen LogP contribution < -0.4 is 11.2 Å². The molecule has 2 N–H and O–H groups in total. The third kappa shape index (κ3) is 2.76. The SMILES string of the molecule is Cn1c(=O)[nH]c(C(=O)O)c(CN2CCCCC2)c1=O. The molecule has 2 heterocycles. The van der Waals surface area contributed by atoms with Gasteiger partial charge in [-0.15, -0.1) is 0 Å².